The zero-order valence-electron chi connectivity index (χ0n) is 19.7. The first-order chi connectivity index (χ1) is 16.6. The van der Waals surface area contributed by atoms with Gasteiger partial charge in [0, 0.05) is 29.4 Å². The first-order valence-electron chi connectivity index (χ1n) is 12.2. The molecule has 0 bridgehead atoms. The summed E-state index contributed by atoms with van der Waals surface area (Å²) in [7, 11) is 0. The largest absolute Gasteiger partial charge is 0.322 e. The average molecular weight is 455 g/mol. The number of nitrogens with one attached hydrogen (secondary N) is 1. The lowest BCUT2D eigenvalue weighted by Crippen LogP contribution is -2.32. The Morgan fingerprint density at radius 1 is 1.12 bits per heavy atom. The zero-order valence-corrected chi connectivity index (χ0v) is 19.7. The summed E-state index contributed by atoms with van der Waals surface area (Å²) in [5.74, 6) is 0.737. The van der Waals surface area contributed by atoms with E-state index in [0.717, 1.165) is 48.9 Å². The maximum atomic E-state index is 13.5. The van der Waals surface area contributed by atoms with Gasteiger partial charge in [-0.3, -0.25) is 14.6 Å². The van der Waals surface area contributed by atoms with Crippen LogP contribution in [0.2, 0.25) is 0 Å². The Hall–Kier alpha value is -3.54. The molecule has 1 amide bonds. The van der Waals surface area contributed by atoms with Crippen molar-refractivity contribution in [3.63, 3.8) is 0 Å². The van der Waals surface area contributed by atoms with Crippen molar-refractivity contribution in [2.45, 2.75) is 45.6 Å². The van der Waals surface area contributed by atoms with E-state index >= 15 is 0 Å². The lowest BCUT2D eigenvalue weighted by atomic mass is 9.94. The first kappa shape index (κ1) is 22.3. The topological polar surface area (TPSA) is 76.3 Å². The third-order valence-electron chi connectivity index (χ3n) is 6.97. The highest BCUT2D eigenvalue weighted by molar-refractivity contribution is 6.18. The molecule has 1 fully saturated rings. The fraction of sp³-hybridized carbons (Fsp3) is 0.357. The maximum Gasteiger partial charge on any atom is 0.274 e. The molecule has 1 aliphatic carbocycles. The van der Waals surface area contributed by atoms with Crippen molar-refractivity contribution >= 4 is 28.6 Å². The molecule has 3 aromatic rings. The van der Waals surface area contributed by atoms with Gasteiger partial charge in [-0.05, 0) is 49.3 Å². The van der Waals surface area contributed by atoms with Crippen LogP contribution in [0.3, 0.4) is 0 Å². The molecule has 2 heterocycles. The minimum Gasteiger partial charge on any atom is -0.322 e. The molecular weight excluding hydrogens is 424 g/mol. The molecule has 0 spiro atoms. The van der Waals surface area contributed by atoms with E-state index in [1.165, 1.54) is 0 Å². The molecule has 6 nitrogen and oxygen atoms in total. The number of anilines is 1. The summed E-state index contributed by atoms with van der Waals surface area (Å²) < 4.78 is 1.76. The molecular formula is C28H30N4O2. The van der Waals surface area contributed by atoms with Crippen molar-refractivity contribution in [1.29, 1.82) is 0 Å². The van der Waals surface area contributed by atoms with E-state index in [2.05, 4.69) is 24.2 Å². The number of aliphatic imine (C=N–C) groups is 1. The minimum atomic E-state index is -0.158. The number of carbonyl (C=O) groups is 1. The molecule has 2 aromatic carbocycles. The van der Waals surface area contributed by atoms with E-state index in [4.69, 9.17) is 5.10 Å². The SMILES string of the molecule is CCC(C)C(C1CC1)n1nc(-c2ccc(NC(=O)C3=CCCN=C3)cc2)c2ccccc2c1=O. The highest BCUT2D eigenvalue weighted by Gasteiger charge is 2.37. The Morgan fingerprint density at radius 2 is 1.85 bits per heavy atom. The summed E-state index contributed by atoms with van der Waals surface area (Å²) in [6, 6.07) is 15.5. The van der Waals surface area contributed by atoms with E-state index < -0.39 is 0 Å². The molecule has 34 heavy (non-hydrogen) atoms. The predicted octanol–water partition coefficient (Wildman–Crippen LogP) is 5.40. The molecule has 2 atom stereocenters. The number of fused-ring (bicyclic) bond motifs is 1. The third-order valence-corrected chi connectivity index (χ3v) is 6.97. The summed E-state index contributed by atoms with van der Waals surface area (Å²) in [6.45, 7) is 5.12. The Labute approximate surface area is 199 Å². The van der Waals surface area contributed by atoms with Crippen molar-refractivity contribution in [1.82, 2.24) is 9.78 Å². The summed E-state index contributed by atoms with van der Waals surface area (Å²) in [5.41, 5.74) is 3.00. The van der Waals surface area contributed by atoms with Crippen LogP contribution in [0, 0.1) is 11.8 Å². The summed E-state index contributed by atoms with van der Waals surface area (Å²) in [5, 5.41) is 9.44. The van der Waals surface area contributed by atoms with E-state index in [9.17, 15) is 9.59 Å². The van der Waals surface area contributed by atoms with E-state index in [0.29, 0.717) is 28.5 Å². The van der Waals surface area contributed by atoms with Crippen LogP contribution in [-0.2, 0) is 4.79 Å². The van der Waals surface area contributed by atoms with Gasteiger partial charge in [0.05, 0.1) is 22.7 Å². The molecule has 0 saturated heterocycles. The maximum absolute atomic E-state index is 13.5. The number of amides is 1. The molecule has 1 N–H and O–H groups in total. The van der Waals surface area contributed by atoms with E-state index in [1.807, 2.05) is 54.6 Å². The van der Waals surface area contributed by atoms with E-state index in [-0.39, 0.29) is 17.5 Å². The fourth-order valence-corrected chi connectivity index (χ4v) is 4.78. The van der Waals surface area contributed by atoms with Gasteiger partial charge in [0.2, 0.25) is 0 Å². The molecule has 1 aromatic heterocycles. The third kappa shape index (κ3) is 4.32. The lowest BCUT2D eigenvalue weighted by Gasteiger charge is -2.25. The van der Waals surface area contributed by atoms with Gasteiger partial charge >= 0.3 is 0 Å². The van der Waals surface area contributed by atoms with Gasteiger partial charge in [0.25, 0.3) is 11.5 Å². The smallest absolute Gasteiger partial charge is 0.274 e. The Balaban J connectivity index is 1.52. The van der Waals surface area contributed by atoms with Crippen molar-refractivity contribution < 1.29 is 4.79 Å². The number of hydrogen-bond acceptors (Lipinski definition) is 4. The van der Waals surface area contributed by atoms with Gasteiger partial charge in [0.15, 0.2) is 0 Å². The van der Waals surface area contributed by atoms with Crippen molar-refractivity contribution in [2.75, 3.05) is 11.9 Å². The van der Waals surface area contributed by atoms with E-state index in [1.54, 1.807) is 10.9 Å². The zero-order chi connectivity index (χ0) is 23.7. The monoisotopic (exact) mass is 454 g/mol. The number of benzene rings is 2. The first-order valence-corrected chi connectivity index (χ1v) is 12.2. The van der Waals surface area contributed by atoms with Crippen LogP contribution in [0.15, 0.2) is 70.0 Å². The number of rotatable bonds is 7. The minimum absolute atomic E-state index is 0.0112. The average Bonchev–Trinajstić information content (AvgIpc) is 3.72. The number of aromatic nitrogens is 2. The molecule has 2 aliphatic rings. The van der Waals surface area contributed by atoms with Gasteiger partial charge in [-0.25, -0.2) is 4.68 Å². The van der Waals surface area contributed by atoms with Crippen molar-refractivity contribution in [2.24, 2.45) is 16.8 Å². The number of nitrogens with zero attached hydrogens (tertiary/aromatic N) is 3. The van der Waals surface area contributed by atoms with Crippen LogP contribution in [0.25, 0.3) is 22.0 Å². The van der Waals surface area contributed by atoms with Gasteiger partial charge in [0.1, 0.15) is 0 Å². The number of dihydropyridines is 1. The Bertz CT molecular complexity index is 1330. The second kappa shape index (κ2) is 9.37. The second-order valence-electron chi connectivity index (χ2n) is 9.37. The Morgan fingerprint density at radius 3 is 2.50 bits per heavy atom. The quantitative estimate of drug-likeness (QED) is 0.519. The molecule has 1 aliphatic heterocycles. The van der Waals surface area contributed by atoms with Crippen molar-refractivity contribution in [3.05, 3.63) is 70.5 Å². The van der Waals surface area contributed by atoms with Crippen LogP contribution in [0.1, 0.15) is 45.6 Å². The fourth-order valence-electron chi connectivity index (χ4n) is 4.78. The Kier molecular flexibility index (Phi) is 6.14. The van der Waals surface area contributed by atoms with Crippen LogP contribution >= 0.6 is 0 Å². The number of carbonyl (C=O) groups excluding carboxylic acids is 1. The van der Waals surface area contributed by atoms with Crippen LogP contribution in [0.5, 0.6) is 0 Å². The van der Waals surface area contributed by atoms with Crippen LogP contribution in [-0.4, -0.2) is 28.4 Å². The molecule has 0 radical (unpaired) electrons. The normalized spacial score (nSPS) is 17.3. The van der Waals surface area contributed by atoms with Gasteiger partial charge in [-0.1, -0.05) is 56.7 Å². The number of hydrogen-bond donors (Lipinski definition) is 1. The highest BCUT2D eigenvalue weighted by atomic mass is 16.1. The van der Waals surface area contributed by atoms with Gasteiger partial charge in [-0.15, -0.1) is 0 Å². The lowest BCUT2D eigenvalue weighted by molar-refractivity contribution is -0.112. The highest BCUT2D eigenvalue weighted by Crippen LogP contribution is 2.44. The summed E-state index contributed by atoms with van der Waals surface area (Å²) >= 11 is 0. The standard InChI is InChI=1S/C28H30N4O2/c1-3-18(2)26(20-10-11-20)32-28(34)24-9-5-4-8-23(24)25(31-32)19-12-14-22(15-13-19)30-27(33)21-7-6-16-29-17-21/h4-5,7-9,12-15,17-18,20,26H,3,6,10-11,16H2,1-2H3,(H,30,33). The second-order valence-corrected chi connectivity index (χ2v) is 9.37. The molecule has 6 heteroatoms. The van der Waals surface area contributed by atoms with Crippen LogP contribution in [0.4, 0.5) is 5.69 Å². The van der Waals surface area contributed by atoms with Crippen LogP contribution < -0.4 is 10.9 Å². The van der Waals surface area contributed by atoms with Crippen molar-refractivity contribution in [3.8, 4) is 11.3 Å². The molecule has 2 unspecified atom stereocenters. The van der Waals surface area contributed by atoms with Gasteiger partial charge in [-0.2, -0.15) is 5.10 Å². The summed E-state index contributed by atoms with van der Waals surface area (Å²) in [6.07, 6.45) is 7.63. The molecule has 5 rings (SSSR count). The molecule has 174 valence electrons. The summed E-state index contributed by atoms with van der Waals surface area (Å²) in [4.78, 5) is 30.1. The molecule has 1 saturated carbocycles. The predicted molar refractivity (Wildman–Crippen MR) is 137 cm³/mol. The van der Waals surface area contributed by atoms with Gasteiger partial charge < -0.3 is 5.32 Å².